The Morgan fingerprint density at radius 3 is 2.92 bits per heavy atom. The topological polar surface area (TPSA) is 95.7 Å². The number of para-hydroxylation sites is 2. The molecular formula is C15H16IN3O4S. The largest absolute Gasteiger partial charge is 0.479 e. The smallest absolute Gasteiger partial charge is 0.340 e. The van der Waals surface area contributed by atoms with Crippen molar-refractivity contribution in [1.82, 2.24) is 9.88 Å². The average Bonchev–Trinajstić information content (AvgIpc) is 3.15. The number of hydrogen-bond donors (Lipinski definition) is 3. The number of carboxylic acids is 1. The van der Waals surface area contributed by atoms with Crippen LogP contribution >= 0.6 is 35.2 Å². The monoisotopic (exact) mass is 461 g/mol. The highest BCUT2D eigenvalue weighted by atomic mass is 127. The Labute approximate surface area is 157 Å². The number of carboxylic acid groups (broad SMARTS) is 1. The number of hydrogen-bond acceptors (Lipinski definition) is 6. The molecule has 0 bridgehead atoms. The molecule has 24 heavy (non-hydrogen) atoms. The molecule has 1 amide bonds. The number of oxazole rings is 1. The van der Waals surface area contributed by atoms with E-state index in [2.05, 4.69) is 22.9 Å². The van der Waals surface area contributed by atoms with Gasteiger partial charge in [0.1, 0.15) is 11.6 Å². The van der Waals surface area contributed by atoms with Crippen LogP contribution in [-0.2, 0) is 9.59 Å². The minimum Gasteiger partial charge on any atom is -0.479 e. The zero-order valence-corrected chi connectivity index (χ0v) is 15.7. The average molecular weight is 461 g/mol. The van der Waals surface area contributed by atoms with E-state index in [1.54, 1.807) is 6.07 Å². The molecular weight excluding hydrogens is 445 g/mol. The van der Waals surface area contributed by atoms with Gasteiger partial charge in [0.05, 0.1) is 0 Å². The van der Waals surface area contributed by atoms with Crippen LogP contribution in [0.3, 0.4) is 0 Å². The number of anilines is 1. The zero-order chi connectivity index (χ0) is 17.3. The lowest BCUT2D eigenvalue weighted by Crippen LogP contribution is -2.53. The van der Waals surface area contributed by atoms with Crippen molar-refractivity contribution in [3.05, 3.63) is 24.3 Å². The predicted molar refractivity (Wildman–Crippen MR) is 101 cm³/mol. The molecule has 2 unspecified atom stereocenters. The number of aliphatic carboxylic acids is 1. The highest BCUT2D eigenvalue weighted by Crippen LogP contribution is 2.36. The van der Waals surface area contributed by atoms with Crippen LogP contribution in [0.15, 0.2) is 28.7 Å². The molecule has 1 fully saturated rings. The minimum atomic E-state index is -1.21. The first-order valence-electron chi connectivity index (χ1n) is 7.42. The molecule has 0 aliphatic carbocycles. The summed E-state index contributed by atoms with van der Waals surface area (Å²) in [4.78, 5) is 30.0. The van der Waals surface area contributed by atoms with Crippen molar-refractivity contribution in [3.63, 3.8) is 0 Å². The highest BCUT2D eigenvalue weighted by Gasteiger charge is 2.49. The third-order valence-electron chi connectivity index (χ3n) is 3.98. The molecule has 3 rings (SSSR count). The molecule has 2 atom stereocenters. The maximum Gasteiger partial charge on any atom is 0.340 e. The summed E-state index contributed by atoms with van der Waals surface area (Å²) >= 11 is 6.06. The Balaban J connectivity index is 1.80. The first-order chi connectivity index (χ1) is 11.5. The van der Waals surface area contributed by atoms with E-state index in [0.29, 0.717) is 30.5 Å². The quantitative estimate of drug-likeness (QED) is 0.274. The number of alkyl halides is 1. The van der Waals surface area contributed by atoms with Gasteiger partial charge in [0.25, 0.3) is 6.01 Å². The van der Waals surface area contributed by atoms with Crippen molar-refractivity contribution in [2.45, 2.75) is 22.4 Å². The highest BCUT2D eigenvalue weighted by molar-refractivity contribution is 14.1. The summed E-state index contributed by atoms with van der Waals surface area (Å²) in [5.74, 6) is -1.13. The van der Waals surface area contributed by atoms with Crippen LogP contribution in [-0.4, -0.2) is 48.8 Å². The molecule has 1 saturated heterocycles. The summed E-state index contributed by atoms with van der Waals surface area (Å²) < 4.78 is 4.36. The van der Waals surface area contributed by atoms with Gasteiger partial charge in [-0.25, -0.2) is 4.79 Å². The van der Waals surface area contributed by atoms with E-state index < -0.39 is 15.6 Å². The number of likely N-dealkylation sites (tertiary alicyclic amines) is 1. The fourth-order valence-corrected chi connectivity index (χ4v) is 3.86. The molecule has 1 aromatic carbocycles. The molecule has 1 aromatic heterocycles. The van der Waals surface area contributed by atoms with E-state index in [4.69, 9.17) is 4.42 Å². The Morgan fingerprint density at radius 2 is 2.25 bits per heavy atom. The molecule has 0 saturated carbocycles. The van der Waals surface area contributed by atoms with Crippen LogP contribution in [0.2, 0.25) is 0 Å². The number of fused-ring (bicyclic) bond motifs is 1. The standard InChI is InChI=1S/C15H16IN3O4S/c16-15(13(21)22)6-3-7-19(15)12(20)10(8-24)18-14-17-9-4-1-2-5-11(9)23-14/h1-2,4-5,10,24H,3,6-8H2,(H,17,18)(H,21,22). The molecule has 1 aliphatic rings. The van der Waals surface area contributed by atoms with Crippen molar-refractivity contribution in [3.8, 4) is 0 Å². The number of aromatic nitrogens is 1. The second-order valence-electron chi connectivity index (χ2n) is 5.52. The van der Waals surface area contributed by atoms with Gasteiger partial charge in [-0.05, 0) is 47.6 Å². The number of nitrogens with zero attached hydrogens (tertiary/aromatic N) is 2. The van der Waals surface area contributed by atoms with Crippen molar-refractivity contribution in [1.29, 1.82) is 0 Å². The zero-order valence-electron chi connectivity index (χ0n) is 12.6. The maximum atomic E-state index is 12.8. The van der Waals surface area contributed by atoms with Crippen LogP contribution in [0.1, 0.15) is 12.8 Å². The van der Waals surface area contributed by atoms with Crippen molar-refractivity contribution in [2.75, 3.05) is 17.6 Å². The minimum absolute atomic E-state index is 0.195. The van der Waals surface area contributed by atoms with E-state index in [-0.39, 0.29) is 17.7 Å². The van der Waals surface area contributed by atoms with Crippen LogP contribution in [0.25, 0.3) is 11.1 Å². The van der Waals surface area contributed by atoms with Crippen LogP contribution in [0.4, 0.5) is 6.01 Å². The van der Waals surface area contributed by atoms with Gasteiger partial charge in [-0.15, -0.1) is 0 Å². The van der Waals surface area contributed by atoms with Gasteiger partial charge in [-0.1, -0.05) is 12.1 Å². The van der Waals surface area contributed by atoms with E-state index in [9.17, 15) is 14.7 Å². The number of thiol groups is 1. The summed E-state index contributed by atoms with van der Waals surface area (Å²) in [6.45, 7) is 0.410. The Hall–Kier alpha value is -1.49. The van der Waals surface area contributed by atoms with Crippen molar-refractivity contribution in [2.24, 2.45) is 0 Å². The summed E-state index contributed by atoms with van der Waals surface area (Å²) in [7, 11) is 0. The van der Waals surface area contributed by atoms with Gasteiger partial charge in [0, 0.05) is 12.3 Å². The van der Waals surface area contributed by atoms with Crippen LogP contribution in [0, 0.1) is 0 Å². The lowest BCUT2D eigenvalue weighted by atomic mass is 10.2. The fourth-order valence-electron chi connectivity index (χ4n) is 2.75. The Bertz CT molecular complexity index is 750. The molecule has 2 heterocycles. The second kappa shape index (κ2) is 6.79. The maximum absolute atomic E-state index is 12.8. The van der Waals surface area contributed by atoms with Crippen LogP contribution < -0.4 is 5.32 Å². The number of carbonyl (C=O) groups is 2. The molecule has 7 nitrogen and oxygen atoms in total. The van der Waals surface area contributed by atoms with Gasteiger partial charge < -0.3 is 19.7 Å². The SMILES string of the molecule is O=C(C(CS)Nc1nc2ccccc2o1)N1CCCC1(I)C(=O)O. The fraction of sp³-hybridized carbons (Fsp3) is 0.400. The molecule has 9 heteroatoms. The summed E-state index contributed by atoms with van der Waals surface area (Å²) in [6, 6.07) is 6.77. The first kappa shape index (κ1) is 17.3. The van der Waals surface area contributed by atoms with Gasteiger partial charge in [-0.3, -0.25) is 4.79 Å². The van der Waals surface area contributed by atoms with Gasteiger partial charge in [-0.2, -0.15) is 17.6 Å². The first-order valence-corrected chi connectivity index (χ1v) is 9.13. The normalized spacial score (nSPS) is 21.8. The van der Waals surface area contributed by atoms with E-state index in [1.165, 1.54) is 4.90 Å². The number of amides is 1. The van der Waals surface area contributed by atoms with Gasteiger partial charge in [0.15, 0.2) is 9.13 Å². The van der Waals surface area contributed by atoms with Gasteiger partial charge in [0.2, 0.25) is 5.91 Å². The summed E-state index contributed by atoms with van der Waals surface area (Å²) in [5.41, 5.74) is 1.29. The lowest BCUT2D eigenvalue weighted by Gasteiger charge is -2.32. The van der Waals surface area contributed by atoms with Crippen LogP contribution in [0.5, 0.6) is 0 Å². The number of halogens is 1. The molecule has 2 N–H and O–H groups in total. The van der Waals surface area contributed by atoms with E-state index in [1.807, 2.05) is 40.8 Å². The molecule has 1 aliphatic heterocycles. The Kier molecular flexibility index (Phi) is 4.90. The van der Waals surface area contributed by atoms with Gasteiger partial charge >= 0.3 is 5.97 Å². The molecule has 128 valence electrons. The third-order valence-corrected chi connectivity index (χ3v) is 5.93. The Morgan fingerprint density at radius 1 is 1.50 bits per heavy atom. The summed E-state index contributed by atoms with van der Waals surface area (Å²) in [5, 5.41) is 12.4. The lowest BCUT2D eigenvalue weighted by molar-refractivity contribution is -0.149. The predicted octanol–water partition coefficient (Wildman–Crippen LogP) is 2.38. The van der Waals surface area contributed by atoms with E-state index in [0.717, 1.165) is 0 Å². The molecule has 0 spiro atoms. The number of nitrogens with one attached hydrogen (secondary N) is 1. The third kappa shape index (κ3) is 3.06. The molecule has 0 radical (unpaired) electrons. The number of carbonyl (C=O) groups excluding carboxylic acids is 1. The number of rotatable bonds is 5. The molecule has 2 aromatic rings. The van der Waals surface area contributed by atoms with Crippen molar-refractivity contribution >= 4 is 64.2 Å². The van der Waals surface area contributed by atoms with E-state index >= 15 is 0 Å². The summed E-state index contributed by atoms with van der Waals surface area (Å²) in [6.07, 6.45) is 1.08. The van der Waals surface area contributed by atoms with Crippen molar-refractivity contribution < 1.29 is 19.1 Å². The second-order valence-corrected chi connectivity index (χ2v) is 7.67. The number of benzene rings is 1.